The van der Waals surface area contributed by atoms with Gasteiger partial charge in [-0.1, -0.05) is 18.5 Å². The lowest BCUT2D eigenvalue weighted by Crippen LogP contribution is -2.48. The number of hydrogen-bond donors (Lipinski definition) is 1. The molecule has 0 aromatic heterocycles. The summed E-state index contributed by atoms with van der Waals surface area (Å²) in [6, 6.07) is 5.67. The summed E-state index contributed by atoms with van der Waals surface area (Å²) in [7, 11) is 0. The number of nitrogens with one attached hydrogen (secondary N) is 1. The number of urea groups is 1. The fourth-order valence-electron chi connectivity index (χ4n) is 3.62. The summed E-state index contributed by atoms with van der Waals surface area (Å²) in [5, 5.41) is 3.51. The van der Waals surface area contributed by atoms with Gasteiger partial charge in [-0.25, -0.2) is 4.79 Å². The molecule has 2 aliphatic rings. The average Bonchev–Trinajstić information content (AvgIpc) is 2.87. The van der Waals surface area contributed by atoms with Gasteiger partial charge < -0.3 is 10.2 Å². The third-order valence-corrected chi connectivity index (χ3v) is 5.51. The van der Waals surface area contributed by atoms with E-state index in [0.29, 0.717) is 10.7 Å². The van der Waals surface area contributed by atoms with Crippen LogP contribution in [-0.2, 0) is 9.59 Å². The summed E-state index contributed by atoms with van der Waals surface area (Å²) in [4.78, 5) is 42.4. The largest absolute Gasteiger partial charge is 0.352 e. The van der Waals surface area contributed by atoms with E-state index in [2.05, 4.69) is 17.1 Å². The summed E-state index contributed by atoms with van der Waals surface area (Å²) in [5.41, 5.74) is 0.583. The van der Waals surface area contributed by atoms with E-state index in [-0.39, 0.29) is 24.4 Å². The lowest BCUT2D eigenvalue weighted by Gasteiger charge is -2.31. The average molecular weight is 393 g/mol. The van der Waals surface area contributed by atoms with Crippen molar-refractivity contribution in [2.24, 2.45) is 0 Å². The number of likely N-dealkylation sites (tertiary alicyclic amines) is 1. The molecule has 2 saturated heterocycles. The van der Waals surface area contributed by atoms with Gasteiger partial charge in [0.1, 0.15) is 12.6 Å². The topological polar surface area (TPSA) is 73.0 Å². The molecule has 1 N–H and O–H groups in total. The molecule has 8 heteroatoms. The van der Waals surface area contributed by atoms with Gasteiger partial charge >= 0.3 is 6.03 Å². The molecule has 1 aromatic carbocycles. The van der Waals surface area contributed by atoms with Crippen LogP contribution >= 0.6 is 11.6 Å². The van der Waals surface area contributed by atoms with E-state index in [1.165, 1.54) is 4.90 Å². The lowest BCUT2D eigenvalue weighted by atomic mass is 10.1. The number of imide groups is 1. The van der Waals surface area contributed by atoms with Crippen LogP contribution in [-0.4, -0.2) is 65.9 Å². The summed E-state index contributed by atoms with van der Waals surface area (Å²) in [5.74, 6) is -0.664. The second-order valence-corrected chi connectivity index (χ2v) is 7.44. The number of rotatable bonds is 5. The maximum absolute atomic E-state index is 12.7. The number of benzene rings is 1. The zero-order valence-corrected chi connectivity index (χ0v) is 16.4. The van der Waals surface area contributed by atoms with Crippen molar-refractivity contribution in [3.05, 3.63) is 29.3 Å². The molecule has 1 atom stereocenters. The second-order valence-electron chi connectivity index (χ2n) is 7.01. The molecular weight excluding hydrogens is 368 g/mol. The molecule has 0 spiro atoms. The fraction of sp³-hybridized carbons (Fsp3) is 0.526. The van der Waals surface area contributed by atoms with Crippen molar-refractivity contribution in [3.8, 4) is 0 Å². The van der Waals surface area contributed by atoms with Crippen LogP contribution in [0, 0.1) is 0 Å². The Morgan fingerprint density at radius 2 is 1.81 bits per heavy atom. The van der Waals surface area contributed by atoms with Gasteiger partial charge in [0.15, 0.2) is 0 Å². The van der Waals surface area contributed by atoms with Crippen molar-refractivity contribution in [2.75, 3.05) is 31.1 Å². The molecular formula is C19H25ClN4O3. The smallest absolute Gasteiger partial charge is 0.332 e. The molecule has 2 fully saturated rings. The van der Waals surface area contributed by atoms with Crippen molar-refractivity contribution in [1.82, 2.24) is 15.1 Å². The van der Waals surface area contributed by atoms with Gasteiger partial charge in [-0.05, 0) is 50.6 Å². The van der Waals surface area contributed by atoms with Gasteiger partial charge in [-0.2, -0.15) is 0 Å². The second kappa shape index (κ2) is 8.27. The van der Waals surface area contributed by atoms with E-state index in [1.807, 2.05) is 0 Å². The molecule has 2 heterocycles. The first-order valence-electron chi connectivity index (χ1n) is 9.32. The van der Waals surface area contributed by atoms with Gasteiger partial charge in [0.25, 0.3) is 5.91 Å². The van der Waals surface area contributed by atoms with Crippen LogP contribution in [0.5, 0.6) is 0 Å². The Hall–Kier alpha value is -2.12. The van der Waals surface area contributed by atoms with Crippen molar-refractivity contribution in [1.29, 1.82) is 0 Å². The van der Waals surface area contributed by atoms with Crippen molar-refractivity contribution < 1.29 is 14.4 Å². The summed E-state index contributed by atoms with van der Waals surface area (Å²) < 4.78 is 0. The number of anilines is 1. The summed E-state index contributed by atoms with van der Waals surface area (Å²) in [6.07, 6.45) is 1.77. The van der Waals surface area contributed by atoms with Crippen LogP contribution in [0.4, 0.5) is 10.5 Å². The van der Waals surface area contributed by atoms with Gasteiger partial charge in [-0.3, -0.25) is 19.4 Å². The number of carbonyl (C=O) groups is 3. The standard InChI is InChI=1S/C19H25ClN4O3/c1-3-22-10-8-15(9-11-22)21-17(25)12-23-18(26)13(2)24(19(23)27)16-6-4-14(20)5-7-16/h4-7,13,15H,3,8-12H2,1-2H3,(H,21,25). The molecule has 146 valence electrons. The molecule has 27 heavy (non-hydrogen) atoms. The number of carbonyl (C=O) groups excluding carboxylic acids is 3. The SMILES string of the molecule is CCN1CCC(NC(=O)CN2C(=O)C(C)N(c3ccc(Cl)cc3)C2=O)CC1. The van der Waals surface area contributed by atoms with Gasteiger partial charge in [0.05, 0.1) is 0 Å². The van der Waals surface area contributed by atoms with Crippen LogP contribution in [0.2, 0.25) is 5.02 Å². The highest BCUT2D eigenvalue weighted by Crippen LogP contribution is 2.26. The molecule has 0 bridgehead atoms. The van der Waals surface area contributed by atoms with Crippen molar-refractivity contribution in [3.63, 3.8) is 0 Å². The zero-order chi connectivity index (χ0) is 19.6. The van der Waals surface area contributed by atoms with E-state index < -0.39 is 12.1 Å². The van der Waals surface area contributed by atoms with E-state index in [9.17, 15) is 14.4 Å². The monoisotopic (exact) mass is 392 g/mol. The number of nitrogens with zero attached hydrogens (tertiary/aromatic N) is 3. The number of halogens is 1. The first-order valence-corrected chi connectivity index (χ1v) is 9.70. The molecule has 0 radical (unpaired) electrons. The normalized spacial score (nSPS) is 21.8. The van der Waals surface area contributed by atoms with Gasteiger partial charge in [-0.15, -0.1) is 0 Å². The lowest BCUT2D eigenvalue weighted by molar-refractivity contribution is -0.132. The van der Waals surface area contributed by atoms with E-state index in [1.54, 1.807) is 31.2 Å². The van der Waals surface area contributed by atoms with Gasteiger partial charge in [0.2, 0.25) is 5.91 Å². The molecule has 1 unspecified atom stereocenters. The minimum absolute atomic E-state index is 0.0953. The molecule has 1 aromatic rings. The Bertz CT molecular complexity index is 716. The van der Waals surface area contributed by atoms with Crippen LogP contribution in [0.3, 0.4) is 0 Å². The predicted molar refractivity (Wildman–Crippen MR) is 104 cm³/mol. The molecule has 4 amide bonds. The fourth-order valence-corrected chi connectivity index (χ4v) is 3.74. The minimum atomic E-state index is -0.653. The maximum atomic E-state index is 12.7. The van der Waals surface area contributed by atoms with E-state index in [0.717, 1.165) is 37.4 Å². The first-order chi connectivity index (χ1) is 12.9. The molecule has 3 rings (SSSR count). The van der Waals surface area contributed by atoms with Crippen LogP contribution in [0.15, 0.2) is 24.3 Å². The molecule has 7 nitrogen and oxygen atoms in total. The van der Waals surface area contributed by atoms with Crippen LogP contribution in [0.25, 0.3) is 0 Å². The third kappa shape index (κ3) is 4.25. The third-order valence-electron chi connectivity index (χ3n) is 5.25. The summed E-state index contributed by atoms with van der Waals surface area (Å²) >= 11 is 5.89. The van der Waals surface area contributed by atoms with Crippen LogP contribution in [0.1, 0.15) is 26.7 Å². The number of hydrogen-bond acceptors (Lipinski definition) is 4. The maximum Gasteiger partial charge on any atom is 0.332 e. The van der Waals surface area contributed by atoms with Crippen molar-refractivity contribution in [2.45, 2.75) is 38.8 Å². The Kier molecular flexibility index (Phi) is 6.01. The highest BCUT2D eigenvalue weighted by atomic mass is 35.5. The summed E-state index contributed by atoms with van der Waals surface area (Å²) in [6.45, 7) is 6.44. The highest BCUT2D eigenvalue weighted by Gasteiger charge is 2.44. The first kappa shape index (κ1) is 19.6. The molecule has 0 aliphatic carbocycles. The molecule has 2 aliphatic heterocycles. The van der Waals surface area contributed by atoms with E-state index >= 15 is 0 Å². The Labute approximate surface area is 164 Å². The number of amides is 4. The zero-order valence-electron chi connectivity index (χ0n) is 15.7. The van der Waals surface area contributed by atoms with E-state index in [4.69, 9.17) is 11.6 Å². The van der Waals surface area contributed by atoms with Crippen LogP contribution < -0.4 is 10.2 Å². The Morgan fingerprint density at radius 1 is 1.19 bits per heavy atom. The highest BCUT2D eigenvalue weighted by molar-refractivity contribution is 6.30. The number of piperidine rings is 1. The quantitative estimate of drug-likeness (QED) is 0.779. The van der Waals surface area contributed by atoms with Crippen molar-refractivity contribution >= 4 is 35.1 Å². The molecule has 0 saturated carbocycles. The van der Waals surface area contributed by atoms with Gasteiger partial charge in [0, 0.05) is 29.8 Å². The Balaban J connectivity index is 1.61. The predicted octanol–water partition coefficient (Wildman–Crippen LogP) is 2.10. The minimum Gasteiger partial charge on any atom is -0.352 e. The Morgan fingerprint density at radius 3 is 2.41 bits per heavy atom.